The molecule has 0 fully saturated rings. The number of nitrogens with zero attached hydrogens (tertiary/aromatic N) is 2. The van der Waals surface area contributed by atoms with Crippen LogP contribution >= 0.6 is 0 Å². The van der Waals surface area contributed by atoms with Crippen LogP contribution in [0.15, 0.2) is 31.0 Å². The Kier molecular flexibility index (Phi) is 6.39. The smallest absolute Gasteiger partial charge is 0.128 e. The summed E-state index contributed by atoms with van der Waals surface area (Å²) in [6.07, 6.45) is 3.68. The van der Waals surface area contributed by atoms with Gasteiger partial charge in [-0.1, -0.05) is 26.0 Å². The summed E-state index contributed by atoms with van der Waals surface area (Å²) in [6, 6.07) is 4.51. The van der Waals surface area contributed by atoms with Crippen molar-refractivity contribution < 1.29 is 5.11 Å². The molecule has 0 saturated heterocycles. The van der Waals surface area contributed by atoms with Crippen molar-refractivity contribution in [3.05, 3.63) is 36.5 Å². The maximum Gasteiger partial charge on any atom is 0.128 e. The summed E-state index contributed by atoms with van der Waals surface area (Å²) in [4.78, 5) is 6.41. The van der Waals surface area contributed by atoms with E-state index in [9.17, 15) is 0 Å². The molecule has 0 radical (unpaired) electrons. The summed E-state index contributed by atoms with van der Waals surface area (Å²) in [5, 5.41) is 12.4. The van der Waals surface area contributed by atoms with Crippen LogP contribution in [-0.2, 0) is 6.54 Å². The topological polar surface area (TPSA) is 48.4 Å². The molecule has 0 spiro atoms. The van der Waals surface area contributed by atoms with E-state index >= 15 is 0 Å². The maximum atomic E-state index is 9.01. The van der Waals surface area contributed by atoms with Gasteiger partial charge in [-0.3, -0.25) is 0 Å². The Labute approximate surface area is 109 Å². The van der Waals surface area contributed by atoms with Crippen LogP contribution in [0, 0.1) is 0 Å². The molecule has 2 N–H and O–H groups in total. The summed E-state index contributed by atoms with van der Waals surface area (Å²) >= 11 is 0. The van der Waals surface area contributed by atoms with Crippen LogP contribution < -0.4 is 10.2 Å². The zero-order valence-electron chi connectivity index (χ0n) is 11.3. The molecule has 0 aliphatic heterocycles. The predicted molar refractivity (Wildman–Crippen MR) is 75.7 cm³/mol. The average Bonchev–Trinajstić information content (AvgIpc) is 2.37. The van der Waals surface area contributed by atoms with Crippen LogP contribution in [0.4, 0.5) is 5.82 Å². The Balaban J connectivity index is 2.64. The molecule has 1 heterocycles. The van der Waals surface area contributed by atoms with Gasteiger partial charge in [0.05, 0.1) is 6.61 Å². The molecule has 0 aliphatic rings. The lowest BCUT2D eigenvalue weighted by molar-refractivity contribution is 0.302. The second kappa shape index (κ2) is 7.84. The average molecular weight is 249 g/mol. The number of hydrogen-bond donors (Lipinski definition) is 2. The van der Waals surface area contributed by atoms with Crippen molar-refractivity contribution >= 4 is 5.82 Å². The fourth-order valence-corrected chi connectivity index (χ4v) is 1.61. The SMILES string of the molecule is C=CCN(CCO)c1ccc(CNC(C)C)cn1. The number of aromatic nitrogens is 1. The van der Waals surface area contributed by atoms with Crippen LogP contribution in [0.3, 0.4) is 0 Å². The van der Waals surface area contributed by atoms with Crippen LogP contribution in [0.25, 0.3) is 0 Å². The highest BCUT2D eigenvalue weighted by Crippen LogP contribution is 2.11. The highest BCUT2D eigenvalue weighted by Gasteiger charge is 2.05. The lowest BCUT2D eigenvalue weighted by Crippen LogP contribution is -2.27. The lowest BCUT2D eigenvalue weighted by atomic mass is 10.2. The van der Waals surface area contributed by atoms with E-state index in [1.807, 2.05) is 23.2 Å². The van der Waals surface area contributed by atoms with Gasteiger partial charge in [0.1, 0.15) is 5.82 Å². The number of aliphatic hydroxyl groups excluding tert-OH is 1. The van der Waals surface area contributed by atoms with Gasteiger partial charge in [-0.15, -0.1) is 6.58 Å². The molecule has 0 unspecified atom stereocenters. The van der Waals surface area contributed by atoms with E-state index in [4.69, 9.17) is 5.11 Å². The minimum atomic E-state index is 0.117. The monoisotopic (exact) mass is 249 g/mol. The molecule has 0 bridgehead atoms. The minimum Gasteiger partial charge on any atom is -0.395 e. The zero-order chi connectivity index (χ0) is 13.4. The Hall–Kier alpha value is -1.39. The third-order valence-corrected chi connectivity index (χ3v) is 2.57. The minimum absolute atomic E-state index is 0.117. The molecule has 1 rings (SSSR count). The van der Waals surface area contributed by atoms with Gasteiger partial charge >= 0.3 is 0 Å². The molecule has 1 aromatic rings. The Morgan fingerprint density at radius 1 is 1.50 bits per heavy atom. The van der Waals surface area contributed by atoms with Crippen molar-refractivity contribution in [1.29, 1.82) is 0 Å². The van der Waals surface area contributed by atoms with Crippen molar-refractivity contribution in [3.63, 3.8) is 0 Å². The largest absolute Gasteiger partial charge is 0.395 e. The van der Waals surface area contributed by atoms with E-state index < -0.39 is 0 Å². The van der Waals surface area contributed by atoms with E-state index in [1.165, 1.54) is 0 Å². The third-order valence-electron chi connectivity index (χ3n) is 2.57. The molecule has 0 atom stereocenters. The van der Waals surface area contributed by atoms with Crippen molar-refractivity contribution in [2.24, 2.45) is 0 Å². The van der Waals surface area contributed by atoms with Crippen molar-refractivity contribution in [1.82, 2.24) is 10.3 Å². The Morgan fingerprint density at radius 2 is 2.28 bits per heavy atom. The molecule has 4 nitrogen and oxygen atoms in total. The van der Waals surface area contributed by atoms with E-state index in [0.717, 1.165) is 17.9 Å². The van der Waals surface area contributed by atoms with Crippen LogP contribution in [0.5, 0.6) is 0 Å². The van der Waals surface area contributed by atoms with E-state index in [-0.39, 0.29) is 6.61 Å². The normalized spacial score (nSPS) is 10.7. The van der Waals surface area contributed by atoms with E-state index in [2.05, 4.69) is 36.8 Å². The number of anilines is 1. The van der Waals surface area contributed by atoms with Gasteiger partial charge in [0.2, 0.25) is 0 Å². The number of nitrogens with one attached hydrogen (secondary N) is 1. The van der Waals surface area contributed by atoms with Gasteiger partial charge in [-0.2, -0.15) is 0 Å². The first kappa shape index (κ1) is 14.7. The quantitative estimate of drug-likeness (QED) is 0.687. The van der Waals surface area contributed by atoms with E-state index in [1.54, 1.807) is 0 Å². The summed E-state index contributed by atoms with van der Waals surface area (Å²) in [5.41, 5.74) is 1.16. The number of hydrogen-bond acceptors (Lipinski definition) is 4. The van der Waals surface area contributed by atoms with Crippen molar-refractivity contribution in [2.45, 2.75) is 26.4 Å². The second-order valence-corrected chi connectivity index (χ2v) is 4.52. The molecule has 1 aromatic heterocycles. The summed E-state index contributed by atoms with van der Waals surface area (Å²) in [6.45, 7) is 10.2. The van der Waals surface area contributed by atoms with Crippen LogP contribution in [0.1, 0.15) is 19.4 Å². The lowest BCUT2D eigenvalue weighted by Gasteiger charge is -2.21. The summed E-state index contributed by atoms with van der Waals surface area (Å²) in [7, 11) is 0. The first-order chi connectivity index (χ1) is 8.67. The number of aliphatic hydroxyl groups is 1. The maximum absolute atomic E-state index is 9.01. The van der Waals surface area contributed by atoms with Gasteiger partial charge in [0.15, 0.2) is 0 Å². The fraction of sp³-hybridized carbons (Fsp3) is 0.500. The van der Waals surface area contributed by atoms with Gasteiger partial charge in [-0.25, -0.2) is 4.98 Å². The predicted octanol–water partition coefficient (Wildman–Crippen LogP) is 1.56. The summed E-state index contributed by atoms with van der Waals surface area (Å²) < 4.78 is 0. The molecule has 0 aromatic carbocycles. The molecular weight excluding hydrogens is 226 g/mol. The summed E-state index contributed by atoms with van der Waals surface area (Å²) in [5.74, 6) is 0.872. The van der Waals surface area contributed by atoms with Crippen molar-refractivity contribution in [2.75, 3.05) is 24.6 Å². The molecule has 0 amide bonds. The second-order valence-electron chi connectivity index (χ2n) is 4.52. The highest BCUT2D eigenvalue weighted by atomic mass is 16.3. The Bertz CT molecular complexity index is 349. The van der Waals surface area contributed by atoms with E-state index in [0.29, 0.717) is 19.1 Å². The van der Waals surface area contributed by atoms with Crippen LogP contribution in [-0.4, -0.2) is 35.8 Å². The third kappa shape index (κ3) is 4.85. The van der Waals surface area contributed by atoms with Crippen LogP contribution in [0.2, 0.25) is 0 Å². The van der Waals surface area contributed by atoms with Gasteiger partial charge in [0.25, 0.3) is 0 Å². The van der Waals surface area contributed by atoms with Crippen molar-refractivity contribution in [3.8, 4) is 0 Å². The first-order valence-corrected chi connectivity index (χ1v) is 6.32. The molecule has 0 saturated carbocycles. The Morgan fingerprint density at radius 3 is 2.78 bits per heavy atom. The van der Waals surface area contributed by atoms with Gasteiger partial charge in [0, 0.05) is 31.9 Å². The first-order valence-electron chi connectivity index (χ1n) is 6.32. The van der Waals surface area contributed by atoms with Gasteiger partial charge in [-0.05, 0) is 11.6 Å². The standard InChI is InChI=1S/C14H23N3O/c1-4-7-17(8-9-18)14-6-5-13(11-16-14)10-15-12(2)3/h4-6,11-12,15,18H,1,7-10H2,2-3H3. The fourth-order valence-electron chi connectivity index (χ4n) is 1.61. The highest BCUT2D eigenvalue weighted by molar-refractivity contribution is 5.40. The number of rotatable bonds is 8. The number of pyridine rings is 1. The molecule has 100 valence electrons. The zero-order valence-corrected chi connectivity index (χ0v) is 11.3. The molecule has 18 heavy (non-hydrogen) atoms. The van der Waals surface area contributed by atoms with Gasteiger partial charge < -0.3 is 15.3 Å². The molecule has 4 heteroatoms. The molecular formula is C14H23N3O. The molecule has 0 aliphatic carbocycles.